The third-order valence-electron chi connectivity index (χ3n) is 4.19. The third-order valence-corrected chi connectivity index (χ3v) is 5.05. The van der Waals surface area contributed by atoms with E-state index >= 15 is 0 Å². The van der Waals surface area contributed by atoms with Gasteiger partial charge in [0, 0.05) is 40.8 Å². The standard InChI is InChI=1S/C22H19N3O2S/c26-22(21-9-3-11-25(21)15-20-8-4-12-28-20)24-18-6-1-7-19(13-18)27-16-17-5-2-10-23-14-17/h1-14H,15-16H2,(H,24,26). The number of thiophene rings is 1. The Hall–Kier alpha value is -3.38. The van der Waals surface area contributed by atoms with Crippen LogP contribution in [0.5, 0.6) is 5.75 Å². The van der Waals surface area contributed by atoms with E-state index in [0.29, 0.717) is 30.3 Å². The minimum atomic E-state index is -0.147. The fraction of sp³-hybridized carbons (Fsp3) is 0.0909. The van der Waals surface area contributed by atoms with Crippen molar-refractivity contribution in [2.24, 2.45) is 0 Å². The van der Waals surface area contributed by atoms with E-state index < -0.39 is 0 Å². The monoisotopic (exact) mass is 389 g/mol. The van der Waals surface area contributed by atoms with Crippen molar-refractivity contribution in [3.8, 4) is 5.75 Å². The molecule has 28 heavy (non-hydrogen) atoms. The quantitative estimate of drug-likeness (QED) is 0.493. The van der Waals surface area contributed by atoms with E-state index in [1.54, 1.807) is 23.7 Å². The van der Waals surface area contributed by atoms with E-state index in [1.807, 2.05) is 70.7 Å². The Morgan fingerprint density at radius 2 is 2.07 bits per heavy atom. The maximum Gasteiger partial charge on any atom is 0.272 e. The molecule has 0 saturated heterocycles. The predicted octanol–water partition coefficient (Wildman–Crippen LogP) is 4.82. The zero-order chi connectivity index (χ0) is 19.2. The van der Waals surface area contributed by atoms with Crippen molar-refractivity contribution in [3.63, 3.8) is 0 Å². The van der Waals surface area contributed by atoms with Crippen LogP contribution in [0.2, 0.25) is 0 Å². The number of nitrogens with one attached hydrogen (secondary N) is 1. The van der Waals surface area contributed by atoms with Crippen LogP contribution in [0, 0.1) is 0 Å². The second kappa shape index (κ2) is 8.54. The fourth-order valence-electron chi connectivity index (χ4n) is 2.84. The highest BCUT2D eigenvalue weighted by atomic mass is 32.1. The molecule has 0 aliphatic rings. The molecule has 0 spiro atoms. The number of nitrogens with zero attached hydrogens (tertiary/aromatic N) is 2. The van der Waals surface area contributed by atoms with Crippen molar-refractivity contribution in [3.05, 3.63) is 101 Å². The highest BCUT2D eigenvalue weighted by Gasteiger charge is 2.12. The average molecular weight is 389 g/mol. The Morgan fingerprint density at radius 3 is 2.89 bits per heavy atom. The van der Waals surface area contributed by atoms with Gasteiger partial charge < -0.3 is 14.6 Å². The molecule has 0 unspecified atom stereocenters. The minimum Gasteiger partial charge on any atom is -0.489 e. The summed E-state index contributed by atoms with van der Waals surface area (Å²) >= 11 is 1.68. The Bertz CT molecular complexity index is 1040. The van der Waals surface area contributed by atoms with Crippen LogP contribution in [-0.4, -0.2) is 15.5 Å². The first-order valence-electron chi connectivity index (χ1n) is 8.88. The van der Waals surface area contributed by atoms with E-state index in [-0.39, 0.29) is 5.91 Å². The topological polar surface area (TPSA) is 56.1 Å². The zero-order valence-electron chi connectivity index (χ0n) is 15.1. The molecule has 6 heteroatoms. The summed E-state index contributed by atoms with van der Waals surface area (Å²) in [6, 6.07) is 19.0. The summed E-state index contributed by atoms with van der Waals surface area (Å²) in [6.45, 7) is 1.11. The molecule has 0 fully saturated rings. The van der Waals surface area contributed by atoms with Crippen molar-refractivity contribution in [1.82, 2.24) is 9.55 Å². The van der Waals surface area contributed by atoms with Gasteiger partial charge in [-0.15, -0.1) is 11.3 Å². The number of amides is 1. The smallest absolute Gasteiger partial charge is 0.272 e. The number of carbonyl (C=O) groups excluding carboxylic acids is 1. The van der Waals surface area contributed by atoms with Crippen molar-refractivity contribution < 1.29 is 9.53 Å². The summed E-state index contributed by atoms with van der Waals surface area (Å²) in [7, 11) is 0. The van der Waals surface area contributed by atoms with Crippen molar-refractivity contribution in [1.29, 1.82) is 0 Å². The fourth-order valence-corrected chi connectivity index (χ4v) is 3.54. The lowest BCUT2D eigenvalue weighted by Crippen LogP contribution is -2.17. The van der Waals surface area contributed by atoms with Gasteiger partial charge in [-0.1, -0.05) is 18.2 Å². The summed E-state index contributed by atoms with van der Waals surface area (Å²) in [5.74, 6) is 0.543. The zero-order valence-corrected chi connectivity index (χ0v) is 15.9. The van der Waals surface area contributed by atoms with E-state index in [1.165, 1.54) is 4.88 Å². The van der Waals surface area contributed by atoms with E-state index in [0.717, 1.165) is 5.56 Å². The Kier molecular flexibility index (Phi) is 5.49. The highest BCUT2D eigenvalue weighted by molar-refractivity contribution is 7.09. The van der Waals surface area contributed by atoms with Gasteiger partial charge in [-0.2, -0.15) is 0 Å². The van der Waals surface area contributed by atoms with E-state index in [9.17, 15) is 4.79 Å². The van der Waals surface area contributed by atoms with Gasteiger partial charge in [-0.05, 0) is 41.8 Å². The molecule has 0 radical (unpaired) electrons. The number of benzene rings is 1. The van der Waals surface area contributed by atoms with Crippen LogP contribution in [0.4, 0.5) is 5.69 Å². The summed E-state index contributed by atoms with van der Waals surface area (Å²) in [5, 5.41) is 4.99. The molecule has 3 aromatic heterocycles. The number of hydrogen-bond acceptors (Lipinski definition) is 4. The number of ether oxygens (including phenoxy) is 1. The van der Waals surface area contributed by atoms with Crippen molar-refractivity contribution in [2.45, 2.75) is 13.2 Å². The molecule has 0 aliphatic heterocycles. The first kappa shape index (κ1) is 18.0. The van der Waals surface area contributed by atoms with Gasteiger partial charge in [0.2, 0.25) is 0 Å². The van der Waals surface area contributed by atoms with Gasteiger partial charge in [0.25, 0.3) is 5.91 Å². The van der Waals surface area contributed by atoms with Crippen LogP contribution >= 0.6 is 11.3 Å². The van der Waals surface area contributed by atoms with Gasteiger partial charge in [0.1, 0.15) is 18.1 Å². The largest absolute Gasteiger partial charge is 0.489 e. The van der Waals surface area contributed by atoms with Gasteiger partial charge in [0.15, 0.2) is 0 Å². The number of aromatic nitrogens is 2. The number of pyridine rings is 1. The lowest BCUT2D eigenvalue weighted by atomic mass is 10.2. The molecule has 1 N–H and O–H groups in total. The number of hydrogen-bond donors (Lipinski definition) is 1. The summed E-state index contributed by atoms with van der Waals surface area (Å²) in [6.07, 6.45) is 5.42. The lowest BCUT2D eigenvalue weighted by Gasteiger charge is -2.11. The molecular formula is C22H19N3O2S. The second-order valence-electron chi connectivity index (χ2n) is 6.23. The molecule has 0 saturated carbocycles. The van der Waals surface area contributed by atoms with Gasteiger partial charge in [-0.3, -0.25) is 9.78 Å². The van der Waals surface area contributed by atoms with Crippen LogP contribution in [0.15, 0.2) is 84.6 Å². The Morgan fingerprint density at radius 1 is 1.11 bits per heavy atom. The normalized spacial score (nSPS) is 10.6. The van der Waals surface area contributed by atoms with Gasteiger partial charge in [0.05, 0.1) is 6.54 Å². The third kappa shape index (κ3) is 4.47. The van der Waals surface area contributed by atoms with Crippen molar-refractivity contribution in [2.75, 3.05) is 5.32 Å². The lowest BCUT2D eigenvalue weighted by molar-refractivity contribution is 0.101. The Balaban J connectivity index is 1.42. The molecule has 3 heterocycles. The Labute approximate surface area is 167 Å². The van der Waals surface area contributed by atoms with Gasteiger partial charge >= 0.3 is 0 Å². The van der Waals surface area contributed by atoms with Crippen LogP contribution in [-0.2, 0) is 13.2 Å². The molecule has 0 bridgehead atoms. The molecule has 140 valence electrons. The summed E-state index contributed by atoms with van der Waals surface area (Å²) in [4.78, 5) is 18.0. The molecule has 1 amide bonds. The molecule has 0 atom stereocenters. The van der Waals surface area contributed by atoms with Crippen molar-refractivity contribution >= 4 is 22.9 Å². The molecule has 4 aromatic rings. The first-order chi connectivity index (χ1) is 13.8. The van der Waals surface area contributed by atoms with Gasteiger partial charge in [-0.25, -0.2) is 0 Å². The number of carbonyl (C=O) groups is 1. The highest BCUT2D eigenvalue weighted by Crippen LogP contribution is 2.20. The first-order valence-corrected chi connectivity index (χ1v) is 9.76. The molecule has 0 aliphatic carbocycles. The van der Waals surface area contributed by atoms with Crippen LogP contribution < -0.4 is 10.1 Å². The average Bonchev–Trinajstić information content (AvgIpc) is 3.40. The van der Waals surface area contributed by atoms with Crippen LogP contribution in [0.3, 0.4) is 0 Å². The molecule has 1 aromatic carbocycles. The molecule has 5 nitrogen and oxygen atoms in total. The van der Waals surface area contributed by atoms with Crippen LogP contribution in [0.25, 0.3) is 0 Å². The maximum atomic E-state index is 12.7. The predicted molar refractivity (Wildman–Crippen MR) is 111 cm³/mol. The van der Waals surface area contributed by atoms with Crippen LogP contribution in [0.1, 0.15) is 20.9 Å². The van der Waals surface area contributed by atoms with E-state index in [4.69, 9.17) is 4.74 Å². The second-order valence-corrected chi connectivity index (χ2v) is 7.26. The minimum absolute atomic E-state index is 0.147. The summed E-state index contributed by atoms with van der Waals surface area (Å²) < 4.78 is 7.75. The molecule has 4 rings (SSSR count). The summed E-state index contributed by atoms with van der Waals surface area (Å²) in [5.41, 5.74) is 2.30. The van der Waals surface area contributed by atoms with E-state index in [2.05, 4.69) is 16.4 Å². The molecular weight excluding hydrogens is 370 g/mol. The maximum absolute atomic E-state index is 12.7. The number of anilines is 1. The number of rotatable bonds is 7. The SMILES string of the molecule is O=C(Nc1cccc(OCc2cccnc2)c1)c1cccn1Cc1cccs1.